The lowest BCUT2D eigenvalue weighted by Crippen LogP contribution is -2.36. The standard InChI is InChI=1S/C12H22N2O4/c15-11(16)4-2-7-14-12(17)13-6-1-3-10-5-8-18-9-10/h10H,1-9H2,(H,15,16)(H2,13,14,17). The van der Waals surface area contributed by atoms with E-state index in [1.165, 1.54) is 0 Å². The Labute approximate surface area is 107 Å². The molecule has 6 heteroatoms. The Morgan fingerprint density at radius 1 is 1.22 bits per heavy atom. The van der Waals surface area contributed by atoms with Crippen LogP contribution >= 0.6 is 0 Å². The molecule has 1 atom stereocenters. The van der Waals surface area contributed by atoms with Gasteiger partial charge in [-0.05, 0) is 31.6 Å². The normalized spacial score (nSPS) is 18.6. The number of carbonyl (C=O) groups excluding carboxylic acids is 1. The summed E-state index contributed by atoms with van der Waals surface area (Å²) in [5.74, 6) is -0.193. The van der Waals surface area contributed by atoms with E-state index < -0.39 is 5.97 Å². The molecule has 1 heterocycles. The van der Waals surface area contributed by atoms with Gasteiger partial charge in [0.25, 0.3) is 0 Å². The van der Waals surface area contributed by atoms with E-state index in [4.69, 9.17) is 9.84 Å². The fourth-order valence-corrected chi connectivity index (χ4v) is 1.91. The quantitative estimate of drug-likeness (QED) is 0.566. The second kappa shape index (κ2) is 8.74. The highest BCUT2D eigenvalue weighted by Gasteiger charge is 2.14. The lowest BCUT2D eigenvalue weighted by molar-refractivity contribution is -0.137. The molecule has 1 fully saturated rings. The number of urea groups is 1. The molecular weight excluding hydrogens is 236 g/mol. The number of carboxylic acid groups (broad SMARTS) is 1. The molecule has 1 aliphatic heterocycles. The molecule has 0 aromatic carbocycles. The van der Waals surface area contributed by atoms with Gasteiger partial charge in [-0.15, -0.1) is 0 Å². The minimum Gasteiger partial charge on any atom is -0.481 e. The average Bonchev–Trinajstić information content (AvgIpc) is 2.83. The van der Waals surface area contributed by atoms with Crippen molar-refractivity contribution in [3.63, 3.8) is 0 Å². The van der Waals surface area contributed by atoms with E-state index in [2.05, 4.69) is 10.6 Å². The minimum absolute atomic E-state index is 0.0853. The highest BCUT2D eigenvalue weighted by Crippen LogP contribution is 2.17. The van der Waals surface area contributed by atoms with Gasteiger partial charge in [-0.1, -0.05) is 0 Å². The summed E-state index contributed by atoms with van der Waals surface area (Å²) in [6.45, 7) is 2.76. The molecule has 18 heavy (non-hydrogen) atoms. The molecular formula is C12H22N2O4. The van der Waals surface area contributed by atoms with Gasteiger partial charge in [0.1, 0.15) is 0 Å². The van der Waals surface area contributed by atoms with Crippen molar-refractivity contribution in [3.05, 3.63) is 0 Å². The maximum Gasteiger partial charge on any atom is 0.314 e. The lowest BCUT2D eigenvalue weighted by Gasteiger charge is -2.09. The van der Waals surface area contributed by atoms with Crippen LogP contribution in [0.4, 0.5) is 4.79 Å². The number of carboxylic acids is 1. The zero-order chi connectivity index (χ0) is 13.2. The van der Waals surface area contributed by atoms with Crippen LogP contribution in [0.1, 0.15) is 32.1 Å². The van der Waals surface area contributed by atoms with Crippen LogP contribution in [-0.4, -0.2) is 43.4 Å². The second-order valence-corrected chi connectivity index (χ2v) is 4.55. The highest BCUT2D eigenvalue weighted by atomic mass is 16.5. The number of rotatable bonds is 8. The van der Waals surface area contributed by atoms with Gasteiger partial charge in [0.2, 0.25) is 0 Å². The molecule has 0 aliphatic carbocycles. The Balaban J connectivity index is 1.88. The van der Waals surface area contributed by atoms with Crippen molar-refractivity contribution < 1.29 is 19.4 Å². The molecule has 0 saturated carbocycles. The van der Waals surface area contributed by atoms with E-state index in [0.29, 0.717) is 25.4 Å². The van der Waals surface area contributed by atoms with Crippen molar-refractivity contribution in [3.8, 4) is 0 Å². The largest absolute Gasteiger partial charge is 0.481 e. The van der Waals surface area contributed by atoms with Gasteiger partial charge >= 0.3 is 12.0 Å². The van der Waals surface area contributed by atoms with Crippen LogP contribution in [-0.2, 0) is 9.53 Å². The summed E-state index contributed by atoms with van der Waals surface area (Å²) >= 11 is 0. The lowest BCUT2D eigenvalue weighted by atomic mass is 10.0. The van der Waals surface area contributed by atoms with Crippen molar-refractivity contribution in [2.75, 3.05) is 26.3 Å². The first-order valence-corrected chi connectivity index (χ1v) is 6.49. The van der Waals surface area contributed by atoms with Gasteiger partial charge in [-0.3, -0.25) is 4.79 Å². The fourth-order valence-electron chi connectivity index (χ4n) is 1.91. The summed E-state index contributed by atoms with van der Waals surface area (Å²) in [4.78, 5) is 21.5. The molecule has 0 spiro atoms. The molecule has 2 amide bonds. The number of nitrogens with one attached hydrogen (secondary N) is 2. The number of aliphatic carboxylic acids is 1. The highest BCUT2D eigenvalue weighted by molar-refractivity contribution is 5.73. The third kappa shape index (κ3) is 7.11. The molecule has 0 radical (unpaired) electrons. The SMILES string of the molecule is O=C(O)CCCNC(=O)NCCCC1CCOC1. The summed E-state index contributed by atoms with van der Waals surface area (Å²) in [5.41, 5.74) is 0. The zero-order valence-electron chi connectivity index (χ0n) is 10.6. The number of amides is 2. The van der Waals surface area contributed by atoms with Crippen molar-refractivity contribution in [1.82, 2.24) is 10.6 Å². The van der Waals surface area contributed by atoms with E-state index in [9.17, 15) is 9.59 Å². The molecule has 0 aromatic rings. The summed E-state index contributed by atoms with van der Waals surface area (Å²) in [7, 11) is 0. The van der Waals surface area contributed by atoms with Gasteiger partial charge in [0.15, 0.2) is 0 Å². The molecule has 0 aromatic heterocycles. The topological polar surface area (TPSA) is 87.7 Å². The fraction of sp³-hybridized carbons (Fsp3) is 0.833. The third-order valence-electron chi connectivity index (χ3n) is 2.95. The molecule has 104 valence electrons. The first kappa shape index (κ1) is 14.8. The number of hydrogen-bond donors (Lipinski definition) is 3. The maximum atomic E-state index is 11.3. The van der Waals surface area contributed by atoms with Crippen LogP contribution in [0.25, 0.3) is 0 Å². The van der Waals surface area contributed by atoms with Crippen LogP contribution in [0, 0.1) is 5.92 Å². The number of ether oxygens (including phenoxy) is 1. The zero-order valence-corrected chi connectivity index (χ0v) is 10.6. The Morgan fingerprint density at radius 3 is 2.56 bits per heavy atom. The molecule has 1 saturated heterocycles. The van der Waals surface area contributed by atoms with Gasteiger partial charge < -0.3 is 20.5 Å². The number of carbonyl (C=O) groups is 2. The smallest absolute Gasteiger partial charge is 0.314 e. The van der Waals surface area contributed by atoms with Gasteiger partial charge in [0, 0.05) is 32.7 Å². The van der Waals surface area contributed by atoms with Crippen LogP contribution in [0.2, 0.25) is 0 Å². The minimum atomic E-state index is -0.837. The molecule has 6 nitrogen and oxygen atoms in total. The van der Waals surface area contributed by atoms with E-state index >= 15 is 0 Å². The third-order valence-corrected chi connectivity index (χ3v) is 2.95. The predicted molar refractivity (Wildman–Crippen MR) is 66.4 cm³/mol. The summed E-state index contributed by atoms with van der Waals surface area (Å²) in [6.07, 6.45) is 3.71. The molecule has 0 bridgehead atoms. The predicted octanol–water partition coefficient (Wildman–Crippen LogP) is 0.967. The number of hydrogen-bond acceptors (Lipinski definition) is 3. The van der Waals surface area contributed by atoms with Crippen molar-refractivity contribution in [1.29, 1.82) is 0 Å². The molecule has 3 N–H and O–H groups in total. The van der Waals surface area contributed by atoms with Crippen molar-refractivity contribution in [2.45, 2.75) is 32.1 Å². The van der Waals surface area contributed by atoms with Crippen LogP contribution < -0.4 is 10.6 Å². The van der Waals surface area contributed by atoms with Gasteiger partial charge in [0.05, 0.1) is 0 Å². The van der Waals surface area contributed by atoms with Crippen molar-refractivity contribution >= 4 is 12.0 Å². The Bertz CT molecular complexity index is 265. The van der Waals surface area contributed by atoms with Gasteiger partial charge in [-0.2, -0.15) is 0 Å². The average molecular weight is 258 g/mol. The molecule has 1 aliphatic rings. The van der Waals surface area contributed by atoms with E-state index in [1.807, 2.05) is 0 Å². The maximum absolute atomic E-state index is 11.3. The second-order valence-electron chi connectivity index (χ2n) is 4.55. The van der Waals surface area contributed by atoms with E-state index in [-0.39, 0.29) is 12.5 Å². The molecule has 1 rings (SSSR count). The Hall–Kier alpha value is -1.30. The molecule has 1 unspecified atom stereocenters. The van der Waals surface area contributed by atoms with Crippen LogP contribution in [0.15, 0.2) is 0 Å². The van der Waals surface area contributed by atoms with E-state index in [1.54, 1.807) is 0 Å². The van der Waals surface area contributed by atoms with Crippen LogP contribution in [0.3, 0.4) is 0 Å². The van der Waals surface area contributed by atoms with E-state index in [0.717, 1.165) is 32.5 Å². The van der Waals surface area contributed by atoms with Crippen LogP contribution in [0.5, 0.6) is 0 Å². The Kier molecular flexibility index (Phi) is 7.17. The first-order chi connectivity index (χ1) is 8.68. The summed E-state index contributed by atoms with van der Waals surface area (Å²) in [6, 6.07) is -0.219. The van der Waals surface area contributed by atoms with Crippen molar-refractivity contribution in [2.24, 2.45) is 5.92 Å². The summed E-state index contributed by atoms with van der Waals surface area (Å²) in [5, 5.41) is 13.8. The summed E-state index contributed by atoms with van der Waals surface area (Å²) < 4.78 is 5.27. The van der Waals surface area contributed by atoms with Gasteiger partial charge in [-0.25, -0.2) is 4.79 Å². The monoisotopic (exact) mass is 258 g/mol. The Morgan fingerprint density at radius 2 is 1.94 bits per heavy atom. The first-order valence-electron chi connectivity index (χ1n) is 6.49.